The fourth-order valence-electron chi connectivity index (χ4n) is 1.32. The molecular formula is C11H23NO3. The third-order valence-electron chi connectivity index (χ3n) is 2.42. The molecule has 15 heavy (non-hydrogen) atoms. The Morgan fingerprint density at radius 3 is 2.33 bits per heavy atom. The fourth-order valence-corrected chi connectivity index (χ4v) is 1.32. The molecule has 0 bridgehead atoms. The highest BCUT2D eigenvalue weighted by Crippen LogP contribution is 2.14. The normalized spacial score (nSPS) is 14.3. The topological polar surface area (TPSA) is 49.8 Å². The zero-order chi connectivity index (χ0) is 12.1. The average Bonchev–Trinajstić information content (AvgIpc) is 2.09. The number of carboxylic acid groups (broad SMARTS) is 1. The molecule has 0 heterocycles. The van der Waals surface area contributed by atoms with Gasteiger partial charge >= 0.3 is 5.97 Å². The van der Waals surface area contributed by atoms with E-state index in [9.17, 15) is 4.79 Å². The second-order valence-electron chi connectivity index (χ2n) is 4.81. The highest BCUT2D eigenvalue weighted by atomic mass is 16.5. The Labute approximate surface area is 92.2 Å². The van der Waals surface area contributed by atoms with E-state index >= 15 is 0 Å². The first-order chi connectivity index (χ1) is 6.77. The summed E-state index contributed by atoms with van der Waals surface area (Å²) in [5.74, 6) is -0.755. The third-order valence-corrected chi connectivity index (χ3v) is 2.42. The summed E-state index contributed by atoms with van der Waals surface area (Å²) in [4.78, 5) is 12.7. The number of hydrogen-bond donors (Lipinski definition) is 1. The highest BCUT2D eigenvalue weighted by Gasteiger charge is 2.23. The zero-order valence-corrected chi connectivity index (χ0v) is 10.4. The second-order valence-corrected chi connectivity index (χ2v) is 4.81. The van der Waals surface area contributed by atoms with E-state index < -0.39 is 5.97 Å². The van der Waals surface area contributed by atoms with Gasteiger partial charge in [0, 0.05) is 25.7 Å². The molecule has 0 radical (unpaired) electrons. The molecule has 90 valence electrons. The van der Waals surface area contributed by atoms with E-state index in [1.54, 1.807) is 7.11 Å². The minimum absolute atomic E-state index is 0.0256. The first kappa shape index (κ1) is 14.4. The van der Waals surface area contributed by atoms with Crippen LogP contribution < -0.4 is 0 Å². The smallest absolute Gasteiger partial charge is 0.304 e. The molecule has 0 amide bonds. The van der Waals surface area contributed by atoms with Crippen molar-refractivity contribution in [2.24, 2.45) is 0 Å². The molecule has 0 saturated carbocycles. The van der Waals surface area contributed by atoms with E-state index in [1.165, 1.54) is 0 Å². The Bertz CT molecular complexity index is 198. The lowest BCUT2D eigenvalue weighted by molar-refractivity contribution is -0.137. The molecule has 1 atom stereocenters. The number of carbonyl (C=O) groups is 1. The molecule has 0 saturated heterocycles. The van der Waals surface area contributed by atoms with E-state index in [1.807, 2.05) is 6.92 Å². The van der Waals surface area contributed by atoms with Gasteiger partial charge < -0.3 is 9.84 Å². The van der Waals surface area contributed by atoms with Gasteiger partial charge in [-0.2, -0.15) is 0 Å². The molecular weight excluding hydrogens is 194 g/mol. The van der Waals surface area contributed by atoms with Crippen molar-refractivity contribution >= 4 is 5.97 Å². The van der Waals surface area contributed by atoms with E-state index in [0.717, 1.165) is 6.54 Å². The first-order valence-electron chi connectivity index (χ1n) is 5.27. The average molecular weight is 217 g/mol. The van der Waals surface area contributed by atoms with E-state index in [-0.39, 0.29) is 18.1 Å². The number of aliphatic carboxylic acids is 1. The number of ether oxygens (including phenoxy) is 1. The number of methoxy groups -OCH3 is 1. The molecule has 0 aromatic rings. The quantitative estimate of drug-likeness (QED) is 0.734. The predicted octanol–water partition coefficient (Wildman–Crippen LogP) is 1.60. The second kappa shape index (κ2) is 6.08. The summed E-state index contributed by atoms with van der Waals surface area (Å²) in [6, 6.07) is 0. The van der Waals surface area contributed by atoms with Crippen LogP contribution in [0.3, 0.4) is 0 Å². The molecule has 1 N–H and O–H groups in total. The predicted molar refractivity (Wildman–Crippen MR) is 60.0 cm³/mol. The molecule has 0 aromatic heterocycles. The fraction of sp³-hybridized carbons (Fsp3) is 0.909. The van der Waals surface area contributed by atoms with Gasteiger partial charge in [-0.15, -0.1) is 0 Å². The van der Waals surface area contributed by atoms with Gasteiger partial charge in [0.1, 0.15) is 0 Å². The lowest BCUT2D eigenvalue weighted by atomic mass is 10.0. The molecule has 4 nitrogen and oxygen atoms in total. The van der Waals surface area contributed by atoms with Gasteiger partial charge in [-0.3, -0.25) is 9.69 Å². The summed E-state index contributed by atoms with van der Waals surface area (Å²) in [7, 11) is 1.67. The van der Waals surface area contributed by atoms with Gasteiger partial charge in [0.05, 0.1) is 12.5 Å². The monoisotopic (exact) mass is 217 g/mol. The minimum Gasteiger partial charge on any atom is -0.481 e. The van der Waals surface area contributed by atoms with Gasteiger partial charge in [0.15, 0.2) is 0 Å². The lowest BCUT2D eigenvalue weighted by Crippen LogP contribution is -2.46. The first-order valence-corrected chi connectivity index (χ1v) is 5.27. The largest absolute Gasteiger partial charge is 0.481 e. The highest BCUT2D eigenvalue weighted by molar-refractivity contribution is 5.66. The Balaban J connectivity index is 4.26. The van der Waals surface area contributed by atoms with Crippen LogP contribution in [0.1, 0.15) is 34.1 Å². The molecule has 0 aliphatic rings. The van der Waals surface area contributed by atoms with Crippen molar-refractivity contribution in [2.75, 3.05) is 20.2 Å². The van der Waals surface area contributed by atoms with Crippen LogP contribution in [-0.2, 0) is 9.53 Å². The molecule has 0 aliphatic carbocycles. The Hall–Kier alpha value is -0.610. The van der Waals surface area contributed by atoms with Crippen LogP contribution >= 0.6 is 0 Å². The van der Waals surface area contributed by atoms with Crippen molar-refractivity contribution in [3.63, 3.8) is 0 Å². The van der Waals surface area contributed by atoms with Crippen molar-refractivity contribution in [3.8, 4) is 0 Å². The van der Waals surface area contributed by atoms with Crippen LogP contribution in [0, 0.1) is 0 Å². The van der Waals surface area contributed by atoms with Gasteiger partial charge in [0.2, 0.25) is 0 Å². The van der Waals surface area contributed by atoms with Crippen LogP contribution in [0.2, 0.25) is 0 Å². The standard InChI is InChI=1S/C11H23NO3/c1-9(15-5)8-12(11(2,3)4)7-6-10(13)14/h9H,6-8H2,1-5H3,(H,13,14). The van der Waals surface area contributed by atoms with Gasteiger partial charge in [-0.1, -0.05) is 0 Å². The van der Waals surface area contributed by atoms with Gasteiger partial charge in [-0.05, 0) is 27.7 Å². The van der Waals surface area contributed by atoms with Crippen molar-refractivity contribution in [1.82, 2.24) is 4.90 Å². The van der Waals surface area contributed by atoms with Crippen LogP contribution in [0.5, 0.6) is 0 Å². The number of nitrogens with zero attached hydrogens (tertiary/aromatic N) is 1. The van der Waals surface area contributed by atoms with Gasteiger partial charge in [0.25, 0.3) is 0 Å². The maximum absolute atomic E-state index is 10.5. The van der Waals surface area contributed by atoms with Crippen molar-refractivity contribution < 1.29 is 14.6 Å². The van der Waals surface area contributed by atoms with Crippen LogP contribution in [-0.4, -0.2) is 47.8 Å². The summed E-state index contributed by atoms with van der Waals surface area (Å²) in [6.07, 6.45) is 0.297. The number of rotatable bonds is 6. The molecule has 0 aliphatic heterocycles. The molecule has 0 rings (SSSR count). The summed E-state index contributed by atoms with van der Waals surface area (Å²) in [5, 5.41) is 8.66. The van der Waals surface area contributed by atoms with E-state index in [0.29, 0.717) is 6.54 Å². The van der Waals surface area contributed by atoms with Crippen LogP contribution in [0.4, 0.5) is 0 Å². The number of carboxylic acids is 1. The maximum atomic E-state index is 10.5. The molecule has 0 aromatic carbocycles. The minimum atomic E-state index is -0.755. The van der Waals surface area contributed by atoms with Crippen molar-refractivity contribution in [2.45, 2.75) is 45.8 Å². The maximum Gasteiger partial charge on any atom is 0.304 e. The van der Waals surface area contributed by atoms with E-state index in [4.69, 9.17) is 9.84 Å². The zero-order valence-electron chi connectivity index (χ0n) is 10.4. The summed E-state index contributed by atoms with van der Waals surface area (Å²) in [5.41, 5.74) is -0.0256. The molecule has 0 spiro atoms. The summed E-state index contributed by atoms with van der Waals surface area (Å²) < 4.78 is 5.19. The van der Waals surface area contributed by atoms with Crippen molar-refractivity contribution in [3.05, 3.63) is 0 Å². The summed E-state index contributed by atoms with van der Waals surface area (Å²) >= 11 is 0. The number of hydrogen-bond acceptors (Lipinski definition) is 3. The van der Waals surface area contributed by atoms with Crippen molar-refractivity contribution in [1.29, 1.82) is 0 Å². The Morgan fingerprint density at radius 1 is 1.47 bits per heavy atom. The van der Waals surface area contributed by atoms with Crippen LogP contribution in [0.25, 0.3) is 0 Å². The Kier molecular flexibility index (Phi) is 5.83. The molecule has 0 fully saturated rings. The summed E-state index contributed by atoms with van der Waals surface area (Å²) in [6.45, 7) is 9.55. The molecule has 4 heteroatoms. The van der Waals surface area contributed by atoms with Gasteiger partial charge in [-0.25, -0.2) is 0 Å². The lowest BCUT2D eigenvalue weighted by Gasteiger charge is -2.36. The SMILES string of the molecule is COC(C)CN(CCC(=O)O)C(C)(C)C. The van der Waals surface area contributed by atoms with E-state index in [2.05, 4.69) is 25.7 Å². The third kappa shape index (κ3) is 6.47. The van der Waals surface area contributed by atoms with Crippen LogP contribution in [0.15, 0.2) is 0 Å². The Morgan fingerprint density at radius 2 is 2.00 bits per heavy atom. The molecule has 1 unspecified atom stereocenters.